The number of primary amides is 1. The van der Waals surface area contributed by atoms with Crippen LogP contribution in [0.4, 0.5) is 5.69 Å². The third-order valence-electron chi connectivity index (χ3n) is 1.59. The van der Waals surface area contributed by atoms with Crippen molar-refractivity contribution in [1.82, 2.24) is 5.73 Å². The van der Waals surface area contributed by atoms with Gasteiger partial charge in [0.25, 0.3) is 5.91 Å². The number of rotatable bonds is 2. The monoisotopic (exact) mass is 214 g/mol. The maximum atomic E-state index is 10.9. The standard InChI is InChI=1S/C7H8N3O3S/c8-6-2-1-4(14(10,12)13)3-5(6)7(9)11/h1-3,8H,(H2,9,11)(H2,10,12,13). The highest BCUT2D eigenvalue weighted by atomic mass is 32.2. The van der Waals surface area contributed by atoms with E-state index < -0.39 is 15.9 Å². The fraction of sp³-hybridized carbons (Fsp3) is 0. The average Bonchev–Trinajstić information content (AvgIpc) is 2.02. The number of primary sulfonamides is 1. The molecule has 0 bridgehead atoms. The Balaban J connectivity index is 3.42. The first-order valence-electron chi connectivity index (χ1n) is 3.50. The van der Waals surface area contributed by atoms with Crippen molar-refractivity contribution in [1.29, 1.82) is 0 Å². The van der Waals surface area contributed by atoms with Gasteiger partial charge in [-0.15, -0.1) is 0 Å². The van der Waals surface area contributed by atoms with Gasteiger partial charge in [-0.1, -0.05) is 0 Å². The van der Waals surface area contributed by atoms with Gasteiger partial charge < -0.3 is 11.5 Å². The molecule has 1 rings (SSSR count). The molecule has 1 amide bonds. The molecule has 0 aliphatic heterocycles. The number of carbonyl (C=O) groups excluding carboxylic acids is 1. The molecule has 1 radical (unpaired) electrons. The molecule has 75 valence electrons. The Kier molecular flexibility index (Phi) is 2.45. The predicted molar refractivity (Wildman–Crippen MR) is 49.1 cm³/mol. The Labute approximate surface area is 80.7 Å². The lowest BCUT2D eigenvalue weighted by Gasteiger charge is -2.02. The summed E-state index contributed by atoms with van der Waals surface area (Å²) < 4.78 is 21.8. The summed E-state index contributed by atoms with van der Waals surface area (Å²) in [6.45, 7) is 0. The number of nitrogens with one attached hydrogen (secondary N) is 1. The molecule has 14 heavy (non-hydrogen) atoms. The van der Waals surface area contributed by atoms with E-state index in [-0.39, 0.29) is 16.1 Å². The highest BCUT2D eigenvalue weighted by Crippen LogP contribution is 2.17. The molecule has 0 saturated heterocycles. The molecule has 0 saturated carbocycles. The molecule has 7 heteroatoms. The van der Waals surface area contributed by atoms with Crippen LogP contribution in [0.15, 0.2) is 23.1 Å². The number of hydrogen-bond donors (Lipinski definition) is 2. The van der Waals surface area contributed by atoms with E-state index in [0.717, 1.165) is 18.2 Å². The van der Waals surface area contributed by atoms with Crippen LogP contribution in [0.2, 0.25) is 0 Å². The maximum Gasteiger partial charge on any atom is 0.250 e. The second-order valence-electron chi connectivity index (χ2n) is 2.62. The fourth-order valence-electron chi connectivity index (χ4n) is 0.904. The molecule has 0 spiro atoms. The first kappa shape index (κ1) is 10.5. The third-order valence-corrected chi connectivity index (χ3v) is 2.50. The van der Waals surface area contributed by atoms with E-state index in [2.05, 4.69) is 0 Å². The van der Waals surface area contributed by atoms with Crippen molar-refractivity contribution in [3.63, 3.8) is 0 Å². The van der Waals surface area contributed by atoms with Crippen LogP contribution in [0.5, 0.6) is 0 Å². The van der Waals surface area contributed by atoms with E-state index in [9.17, 15) is 13.2 Å². The number of benzene rings is 1. The van der Waals surface area contributed by atoms with Crippen LogP contribution >= 0.6 is 0 Å². The van der Waals surface area contributed by atoms with Gasteiger partial charge in [-0.25, -0.2) is 13.6 Å². The van der Waals surface area contributed by atoms with Gasteiger partial charge in [0, 0.05) is 0 Å². The van der Waals surface area contributed by atoms with Gasteiger partial charge in [0.2, 0.25) is 10.0 Å². The van der Waals surface area contributed by atoms with Crippen molar-refractivity contribution in [3.8, 4) is 0 Å². The molecular formula is C7H8N3O3S. The molecule has 0 atom stereocenters. The molecule has 1 aromatic carbocycles. The normalized spacial score (nSPS) is 11.2. The smallest absolute Gasteiger partial charge is 0.250 e. The number of hydrogen-bond acceptors (Lipinski definition) is 3. The molecular weight excluding hydrogens is 206 g/mol. The number of sulfonamides is 1. The van der Waals surface area contributed by atoms with Gasteiger partial charge in [-0.2, -0.15) is 0 Å². The molecule has 0 fully saturated rings. The van der Waals surface area contributed by atoms with Crippen LogP contribution in [0.25, 0.3) is 0 Å². The van der Waals surface area contributed by atoms with Crippen LogP contribution in [-0.4, -0.2) is 14.3 Å². The van der Waals surface area contributed by atoms with E-state index >= 15 is 0 Å². The minimum Gasteiger partial charge on any atom is -0.366 e. The van der Waals surface area contributed by atoms with Gasteiger partial charge in [0.05, 0.1) is 16.1 Å². The van der Waals surface area contributed by atoms with Crippen LogP contribution < -0.4 is 16.6 Å². The topological polar surface area (TPSA) is 127 Å². The van der Waals surface area contributed by atoms with Crippen molar-refractivity contribution < 1.29 is 13.2 Å². The lowest BCUT2D eigenvalue weighted by molar-refractivity contribution is 0.100. The Morgan fingerprint density at radius 2 is 1.93 bits per heavy atom. The van der Waals surface area contributed by atoms with Crippen LogP contribution in [0.1, 0.15) is 10.4 Å². The number of carbonyl (C=O) groups is 1. The molecule has 0 aliphatic rings. The summed E-state index contributed by atoms with van der Waals surface area (Å²) in [6.07, 6.45) is 0. The average molecular weight is 214 g/mol. The summed E-state index contributed by atoms with van der Waals surface area (Å²) in [5.74, 6) is -0.861. The van der Waals surface area contributed by atoms with Gasteiger partial charge in [0.1, 0.15) is 0 Å². The largest absolute Gasteiger partial charge is 0.366 e. The molecule has 0 aromatic heterocycles. The third kappa shape index (κ3) is 2.01. The van der Waals surface area contributed by atoms with E-state index in [1.54, 1.807) is 0 Å². The summed E-state index contributed by atoms with van der Waals surface area (Å²) in [4.78, 5) is 10.5. The van der Waals surface area contributed by atoms with E-state index in [0.29, 0.717) is 0 Å². The molecule has 1 aromatic rings. The van der Waals surface area contributed by atoms with Crippen molar-refractivity contribution >= 4 is 21.6 Å². The van der Waals surface area contributed by atoms with Gasteiger partial charge in [-0.05, 0) is 18.2 Å². The summed E-state index contributed by atoms with van der Waals surface area (Å²) >= 11 is 0. The van der Waals surface area contributed by atoms with Crippen molar-refractivity contribution in [2.75, 3.05) is 0 Å². The fourth-order valence-corrected chi connectivity index (χ4v) is 1.44. The highest BCUT2D eigenvalue weighted by molar-refractivity contribution is 7.89. The maximum absolute atomic E-state index is 10.9. The van der Waals surface area contributed by atoms with E-state index in [1.807, 2.05) is 0 Å². The quantitative estimate of drug-likeness (QED) is 0.678. The zero-order valence-electron chi connectivity index (χ0n) is 7.02. The van der Waals surface area contributed by atoms with Gasteiger partial charge in [-0.3, -0.25) is 4.79 Å². The Morgan fingerprint density at radius 1 is 1.36 bits per heavy atom. The molecule has 5 N–H and O–H groups in total. The SMILES string of the molecule is [NH]c1ccc(S(N)(=O)=O)cc1C(N)=O. The van der Waals surface area contributed by atoms with Crippen LogP contribution in [-0.2, 0) is 10.0 Å². The summed E-state index contributed by atoms with van der Waals surface area (Å²) in [5, 5.41) is 4.83. The second-order valence-corrected chi connectivity index (χ2v) is 4.18. The molecule has 0 heterocycles. The predicted octanol–water partition coefficient (Wildman–Crippen LogP) is -0.653. The minimum atomic E-state index is -3.87. The molecule has 0 unspecified atom stereocenters. The van der Waals surface area contributed by atoms with E-state index in [4.69, 9.17) is 16.6 Å². The Morgan fingerprint density at radius 3 is 2.36 bits per heavy atom. The van der Waals surface area contributed by atoms with Crippen molar-refractivity contribution in [3.05, 3.63) is 23.8 Å². The van der Waals surface area contributed by atoms with Gasteiger partial charge in [0.15, 0.2) is 0 Å². The Bertz CT molecular complexity index is 481. The minimum absolute atomic E-state index is 0.134. The van der Waals surface area contributed by atoms with Crippen LogP contribution in [0.3, 0.4) is 0 Å². The first-order valence-corrected chi connectivity index (χ1v) is 5.05. The molecule has 0 aliphatic carbocycles. The summed E-state index contributed by atoms with van der Waals surface area (Å²) in [6, 6.07) is 3.28. The van der Waals surface area contributed by atoms with E-state index in [1.165, 1.54) is 0 Å². The lowest BCUT2D eigenvalue weighted by atomic mass is 10.2. The first-order chi connectivity index (χ1) is 6.32. The zero-order valence-corrected chi connectivity index (χ0v) is 7.84. The zero-order chi connectivity index (χ0) is 10.9. The lowest BCUT2D eigenvalue weighted by Crippen LogP contribution is -2.16. The van der Waals surface area contributed by atoms with Crippen LogP contribution in [0, 0.1) is 0 Å². The number of nitrogens with two attached hydrogens (primary N) is 2. The molecule has 6 nitrogen and oxygen atoms in total. The summed E-state index contributed by atoms with van der Waals surface area (Å²) in [7, 11) is -3.87. The Hall–Kier alpha value is -1.60. The summed E-state index contributed by atoms with van der Waals surface area (Å²) in [5.41, 5.74) is 11.9. The van der Waals surface area contributed by atoms with Crippen molar-refractivity contribution in [2.45, 2.75) is 4.90 Å². The number of amides is 1. The second kappa shape index (κ2) is 3.28. The van der Waals surface area contributed by atoms with Crippen molar-refractivity contribution in [2.24, 2.45) is 10.9 Å². The van der Waals surface area contributed by atoms with Gasteiger partial charge >= 0.3 is 0 Å². The highest BCUT2D eigenvalue weighted by Gasteiger charge is 2.13.